The monoisotopic (exact) mass is 342 g/mol. The normalized spacial score (nSPS) is 24.0. The number of carbonyl (C=O) groups excluding carboxylic acids is 2. The number of carbonyl (C=O) groups is 2. The van der Waals surface area contributed by atoms with Crippen molar-refractivity contribution in [1.29, 1.82) is 0 Å². The number of benzene rings is 1. The molecular formula is C21H30N2O2. The zero-order chi connectivity index (χ0) is 17.6. The van der Waals surface area contributed by atoms with Crippen molar-refractivity contribution in [2.75, 3.05) is 13.1 Å². The van der Waals surface area contributed by atoms with Crippen molar-refractivity contribution in [1.82, 2.24) is 10.2 Å². The molecule has 2 aliphatic rings. The van der Waals surface area contributed by atoms with Gasteiger partial charge in [0.25, 0.3) is 0 Å². The fraction of sp³-hybridized carbons (Fsp3) is 0.619. The van der Waals surface area contributed by atoms with Crippen molar-refractivity contribution < 1.29 is 9.59 Å². The van der Waals surface area contributed by atoms with Crippen LogP contribution in [0.5, 0.6) is 0 Å². The molecule has 1 saturated carbocycles. The van der Waals surface area contributed by atoms with Crippen molar-refractivity contribution in [2.45, 2.75) is 58.4 Å². The third-order valence-electron chi connectivity index (χ3n) is 5.83. The summed E-state index contributed by atoms with van der Waals surface area (Å²) in [5.74, 6) is 0.679. The molecule has 4 heteroatoms. The number of hydrogen-bond acceptors (Lipinski definition) is 2. The molecule has 2 fully saturated rings. The van der Waals surface area contributed by atoms with E-state index in [2.05, 4.69) is 24.4 Å². The quantitative estimate of drug-likeness (QED) is 0.911. The Balaban J connectivity index is 1.44. The van der Waals surface area contributed by atoms with Gasteiger partial charge in [0.2, 0.25) is 11.8 Å². The Labute approximate surface area is 151 Å². The van der Waals surface area contributed by atoms with Crippen molar-refractivity contribution >= 4 is 11.8 Å². The molecule has 25 heavy (non-hydrogen) atoms. The number of nitrogens with one attached hydrogen (secondary N) is 1. The summed E-state index contributed by atoms with van der Waals surface area (Å²) in [7, 11) is 0. The van der Waals surface area contributed by atoms with E-state index in [1.807, 2.05) is 17.0 Å². The first-order valence-electron chi connectivity index (χ1n) is 9.76. The van der Waals surface area contributed by atoms with Crippen LogP contribution in [0.4, 0.5) is 0 Å². The molecule has 1 saturated heterocycles. The van der Waals surface area contributed by atoms with Gasteiger partial charge in [-0.25, -0.2) is 0 Å². The standard InChI is InChI=1S/C21H30N2O2/c1-16-7-3-4-8-19(16)15-22-20(24)17-9-11-18(12-10-17)21(25)23-13-5-2-6-14-23/h3-4,7-8,17-18H,2,5-6,9-15H2,1H3,(H,22,24). The number of hydrogen-bond donors (Lipinski definition) is 1. The van der Waals surface area contributed by atoms with Gasteiger partial charge in [-0.15, -0.1) is 0 Å². The molecule has 0 spiro atoms. The summed E-state index contributed by atoms with van der Waals surface area (Å²) in [6, 6.07) is 8.15. The van der Waals surface area contributed by atoms with Crippen LogP contribution in [0.2, 0.25) is 0 Å². The lowest BCUT2D eigenvalue weighted by Crippen LogP contribution is -2.42. The fourth-order valence-electron chi connectivity index (χ4n) is 4.11. The van der Waals surface area contributed by atoms with Crippen molar-refractivity contribution in [3.63, 3.8) is 0 Å². The lowest BCUT2D eigenvalue weighted by Gasteiger charge is -2.33. The predicted molar refractivity (Wildman–Crippen MR) is 98.9 cm³/mol. The van der Waals surface area contributed by atoms with Crippen molar-refractivity contribution in [2.24, 2.45) is 11.8 Å². The SMILES string of the molecule is Cc1ccccc1CNC(=O)C1CCC(C(=O)N2CCCCC2)CC1. The van der Waals surface area contributed by atoms with E-state index in [1.165, 1.54) is 17.5 Å². The summed E-state index contributed by atoms with van der Waals surface area (Å²) in [6.07, 6.45) is 6.92. The van der Waals surface area contributed by atoms with Crippen LogP contribution in [-0.2, 0) is 16.1 Å². The summed E-state index contributed by atoms with van der Waals surface area (Å²) < 4.78 is 0. The maximum Gasteiger partial charge on any atom is 0.225 e. The van der Waals surface area contributed by atoms with E-state index < -0.39 is 0 Å². The third kappa shape index (κ3) is 4.62. The van der Waals surface area contributed by atoms with Crippen LogP contribution in [0.25, 0.3) is 0 Å². The van der Waals surface area contributed by atoms with Crippen LogP contribution < -0.4 is 5.32 Å². The first-order chi connectivity index (χ1) is 12.1. The van der Waals surface area contributed by atoms with Crippen LogP contribution >= 0.6 is 0 Å². The summed E-state index contributed by atoms with van der Waals surface area (Å²) in [5.41, 5.74) is 2.38. The minimum atomic E-state index is 0.0643. The lowest BCUT2D eigenvalue weighted by molar-refractivity contribution is -0.139. The van der Waals surface area contributed by atoms with Gasteiger partial charge in [-0.3, -0.25) is 9.59 Å². The minimum Gasteiger partial charge on any atom is -0.352 e. The second kappa shape index (κ2) is 8.50. The zero-order valence-electron chi connectivity index (χ0n) is 15.3. The van der Waals surface area contributed by atoms with Crippen LogP contribution in [0.15, 0.2) is 24.3 Å². The van der Waals surface area contributed by atoms with Gasteiger partial charge in [-0.05, 0) is 63.0 Å². The molecule has 0 bridgehead atoms. The number of rotatable bonds is 4. The number of aryl methyl sites for hydroxylation is 1. The van der Waals surface area contributed by atoms with E-state index in [4.69, 9.17) is 0 Å². The molecule has 0 atom stereocenters. The Morgan fingerprint density at radius 1 is 1.00 bits per heavy atom. The van der Waals surface area contributed by atoms with Crippen LogP contribution in [0, 0.1) is 18.8 Å². The zero-order valence-corrected chi connectivity index (χ0v) is 15.3. The molecule has 1 aromatic rings. The summed E-state index contributed by atoms with van der Waals surface area (Å²) >= 11 is 0. The number of likely N-dealkylation sites (tertiary alicyclic amines) is 1. The first kappa shape index (κ1) is 18.0. The largest absolute Gasteiger partial charge is 0.352 e. The van der Waals surface area contributed by atoms with Gasteiger partial charge >= 0.3 is 0 Å². The molecule has 0 unspecified atom stereocenters. The molecule has 1 aliphatic heterocycles. The van der Waals surface area contributed by atoms with Crippen LogP contribution in [-0.4, -0.2) is 29.8 Å². The maximum atomic E-state index is 12.6. The van der Waals surface area contributed by atoms with Gasteiger partial charge in [0, 0.05) is 31.5 Å². The highest BCUT2D eigenvalue weighted by Crippen LogP contribution is 2.31. The molecule has 0 aromatic heterocycles. The van der Waals surface area contributed by atoms with E-state index >= 15 is 0 Å². The molecule has 1 aromatic carbocycles. The summed E-state index contributed by atoms with van der Waals surface area (Å²) in [6.45, 7) is 4.52. The van der Waals surface area contributed by atoms with E-state index in [1.54, 1.807) is 0 Å². The Hall–Kier alpha value is -1.84. The van der Waals surface area contributed by atoms with Gasteiger partial charge < -0.3 is 10.2 Å². The van der Waals surface area contributed by atoms with Crippen LogP contribution in [0.3, 0.4) is 0 Å². The van der Waals surface area contributed by atoms with Gasteiger partial charge in [0.15, 0.2) is 0 Å². The molecule has 1 heterocycles. The Kier molecular flexibility index (Phi) is 6.11. The molecule has 1 aliphatic carbocycles. The number of amides is 2. The number of nitrogens with zero attached hydrogens (tertiary/aromatic N) is 1. The van der Waals surface area contributed by atoms with E-state index in [0.717, 1.165) is 51.6 Å². The minimum absolute atomic E-state index is 0.0643. The maximum absolute atomic E-state index is 12.6. The molecule has 136 valence electrons. The third-order valence-corrected chi connectivity index (χ3v) is 5.83. The number of piperidine rings is 1. The topological polar surface area (TPSA) is 49.4 Å². The van der Waals surface area contributed by atoms with Crippen LogP contribution in [0.1, 0.15) is 56.1 Å². The average Bonchev–Trinajstić information content (AvgIpc) is 2.67. The Morgan fingerprint density at radius 3 is 2.32 bits per heavy atom. The molecule has 2 amide bonds. The second-order valence-corrected chi connectivity index (χ2v) is 7.58. The van der Waals surface area contributed by atoms with Gasteiger partial charge in [0.05, 0.1) is 0 Å². The summed E-state index contributed by atoms with van der Waals surface area (Å²) in [5, 5.41) is 3.08. The Morgan fingerprint density at radius 2 is 1.64 bits per heavy atom. The van der Waals surface area contributed by atoms with Gasteiger partial charge in [0.1, 0.15) is 0 Å². The lowest BCUT2D eigenvalue weighted by atomic mass is 9.80. The van der Waals surface area contributed by atoms with E-state index in [9.17, 15) is 9.59 Å². The molecular weight excluding hydrogens is 312 g/mol. The molecule has 0 radical (unpaired) electrons. The average molecular weight is 342 g/mol. The highest BCUT2D eigenvalue weighted by atomic mass is 16.2. The molecule has 3 rings (SSSR count). The van der Waals surface area contributed by atoms with Crippen molar-refractivity contribution in [3.8, 4) is 0 Å². The molecule has 1 N–H and O–H groups in total. The van der Waals surface area contributed by atoms with Gasteiger partial charge in [-0.2, -0.15) is 0 Å². The van der Waals surface area contributed by atoms with Gasteiger partial charge in [-0.1, -0.05) is 24.3 Å². The summed E-state index contributed by atoms with van der Waals surface area (Å²) in [4.78, 5) is 27.1. The van der Waals surface area contributed by atoms with Crippen molar-refractivity contribution in [3.05, 3.63) is 35.4 Å². The molecule has 4 nitrogen and oxygen atoms in total. The first-order valence-corrected chi connectivity index (χ1v) is 9.76. The smallest absolute Gasteiger partial charge is 0.225 e. The predicted octanol–water partition coefficient (Wildman–Crippen LogP) is 3.43. The van der Waals surface area contributed by atoms with E-state index in [-0.39, 0.29) is 17.7 Å². The highest BCUT2D eigenvalue weighted by Gasteiger charge is 2.32. The second-order valence-electron chi connectivity index (χ2n) is 7.58. The fourth-order valence-corrected chi connectivity index (χ4v) is 4.11. The highest BCUT2D eigenvalue weighted by molar-refractivity contribution is 5.81. The Bertz CT molecular complexity index is 600. The van der Waals surface area contributed by atoms with E-state index in [0.29, 0.717) is 12.5 Å².